The molecule has 0 saturated carbocycles. The fraction of sp³-hybridized carbons (Fsp3) is 0.400. The summed E-state index contributed by atoms with van der Waals surface area (Å²) in [7, 11) is 3.63. The highest BCUT2D eigenvalue weighted by atomic mass is 15.4. The van der Waals surface area contributed by atoms with E-state index in [1.54, 1.807) is 34.2 Å². The van der Waals surface area contributed by atoms with Crippen molar-refractivity contribution >= 4 is 12.4 Å². The van der Waals surface area contributed by atoms with Crippen LogP contribution < -0.4 is 0 Å². The van der Waals surface area contributed by atoms with E-state index >= 15 is 0 Å². The van der Waals surface area contributed by atoms with Gasteiger partial charge < -0.3 is 0 Å². The van der Waals surface area contributed by atoms with Gasteiger partial charge in [-0.1, -0.05) is 10.4 Å². The zero-order valence-electron chi connectivity index (χ0n) is 10.3. The van der Waals surface area contributed by atoms with Crippen LogP contribution in [0.3, 0.4) is 0 Å². The standard InChI is InChI=1S/C10H14N8/c1-17-7-9(13-15-17)5-11-3-4-12-6-10-8-18(2)16-14-10/h5-8H,3-4H2,1-2H3. The molecule has 0 spiro atoms. The fourth-order valence-electron chi connectivity index (χ4n) is 1.28. The average Bonchev–Trinajstić information content (AvgIpc) is 2.93. The van der Waals surface area contributed by atoms with Gasteiger partial charge in [0.2, 0.25) is 0 Å². The molecule has 0 N–H and O–H groups in total. The third-order valence-corrected chi connectivity index (χ3v) is 2.05. The van der Waals surface area contributed by atoms with Gasteiger partial charge in [-0.3, -0.25) is 19.3 Å². The number of hydrogen-bond donors (Lipinski definition) is 0. The largest absolute Gasteiger partial charge is 0.289 e. The van der Waals surface area contributed by atoms with Crippen molar-refractivity contribution in [1.29, 1.82) is 0 Å². The molecule has 0 unspecified atom stereocenters. The molecule has 0 radical (unpaired) electrons. The lowest BCUT2D eigenvalue weighted by Crippen LogP contribution is -1.91. The van der Waals surface area contributed by atoms with E-state index in [1.807, 2.05) is 14.1 Å². The van der Waals surface area contributed by atoms with E-state index in [-0.39, 0.29) is 0 Å². The quantitative estimate of drug-likeness (QED) is 0.525. The Bertz CT molecular complexity index is 499. The minimum atomic E-state index is 0.605. The molecule has 0 saturated heterocycles. The zero-order chi connectivity index (χ0) is 12.8. The summed E-state index contributed by atoms with van der Waals surface area (Å²) in [6.07, 6.45) is 6.97. The number of nitrogens with zero attached hydrogens (tertiary/aromatic N) is 8. The third kappa shape index (κ3) is 3.58. The van der Waals surface area contributed by atoms with Crippen LogP contribution >= 0.6 is 0 Å². The average molecular weight is 246 g/mol. The van der Waals surface area contributed by atoms with Gasteiger partial charge in [0.15, 0.2) is 0 Å². The summed E-state index contributed by atoms with van der Waals surface area (Å²) in [6.45, 7) is 1.21. The molecular formula is C10H14N8. The van der Waals surface area contributed by atoms with Crippen molar-refractivity contribution in [2.75, 3.05) is 13.1 Å². The first-order chi connectivity index (χ1) is 8.74. The molecule has 0 aliphatic carbocycles. The van der Waals surface area contributed by atoms with Crippen LogP contribution in [0.2, 0.25) is 0 Å². The minimum Gasteiger partial charge on any atom is -0.289 e. The van der Waals surface area contributed by atoms with E-state index in [9.17, 15) is 0 Å². The van der Waals surface area contributed by atoms with Gasteiger partial charge in [0, 0.05) is 14.1 Å². The topological polar surface area (TPSA) is 86.1 Å². The van der Waals surface area contributed by atoms with Crippen molar-refractivity contribution in [3.63, 3.8) is 0 Å². The Balaban J connectivity index is 1.73. The van der Waals surface area contributed by atoms with Gasteiger partial charge in [0.25, 0.3) is 0 Å². The van der Waals surface area contributed by atoms with Crippen LogP contribution in [0.4, 0.5) is 0 Å². The van der Waals surface area contributed by atoms with E-state index in [2.05, 4.69) is 30.6 Å². The second-order valence-corrected chi connectivity index (χ2v) is 3.70. The molecule has 0 fully saturated rings. The van der Waals surface area contributed by atoms with Crippen molar-refractivity contribution in [3.05, 3.63) is 23.8 Å². The summed E-state index contributed by atoms with van der Waals surface area (Å²) in [5.74, 6) is 0. The third-order valence-electron chi connectivity index (χ3n) is 2.05. The summed E-state index contributed by atoms with van der Waals surface area (Å²) in [4.78, 5) is 8.39. The number of aliphatic imine (C=N–C) groups is 2. The maximum atomic E-state index is 4.20. The van der Waals surface area contributed by atoms with Gasteiger partial charge in [-0.15, -0.1) is 10.2 Å². The van der Waals surface area contributed by atoms with Crippen LogP contribution in [0, 0.1) is 0 Å². The Hall–Kier alpha value is -2.38. The van der Waals surface area contributed by atoms with Crippen LogP contribution in [-0.4, -0.2) is 55.5 Å². The Labute approximate surface area is 104 Å². The Morgan fingerprint density at radius 2 is 1.39 bits per heavy atom. The van der Waals surface area contributed by atoms with Crippen LogP contribution in [-0.2, 0) is 14.1 Å². The van der Waals surface area contributed by atoms with Gasteiger partial charge in [-0.25, -0.2) is 0 Å². The maximum absolute atomic E-state index is 4.20. The highest BCUT2D eigenvalue weighted by Gasteiger charge is 1.92. The SMILES string of the molecule is Cn1cc(C=NCCN=Cc2cn(C)nn2)nn1. The summed E-state index contributed by atoms with van der Waals surface area (Å²) < 4.78 is 3.27. The van der Waals surface area contributed by atoms with Crippen LogP contribution in [0.15, 0.2) is 22.4 Å². The van der Waals surface area contributed by atoms with Gasteiger partial charge in [-0.05, 0) is 0 Å². The molecule has 0 bridgehead atoms. The summed E-state index contributed by atoms with van der Waals surface area (Å²) >= 11 is 0. The lowest BCUT2D eigenvalue weighted by atomic mass is 10.5. The molecule has 0 aliphatic rings. The number of aromatic nitrogens is 6. The normalized spacial score (nSPS) is 11.9. The molecule has 2 aromatic heterocycles. The highest BCUT2D eigenvalue weighted by Crippen LogP contribution is 1.87. The molecule has 94 valence electrons. The van der Waals surface area contributed by atoms with Crippen molar-refractivity contribution in [1.82, 2.24) is 30.0 Å². The van der Waals surface area contributed by atoms with E-state index < -0.39 is 0 Å². The van der Waals surface area contributed by atoms with Gasteiger partial charge in [0.1, 0.15) is 11.4 Å². The van der Waals surface area contributed by atoms with Crippen molar-refractivity contribution < 1.29 is 0 Å². The van der Waals surface area contributed by atoms with Crippen molar-refractivity contribution in [2.45, 2.75) is 0 Å². The molecule has 0 aliphatic heterocycles. The minimum absolute atomic E-state index is 0.605. The van der Waals surface area contributed by atoms with Gasteiger partial charge in [-0.2, -0.15) is 0 Å². The monoisotopic (exact) mass is 246 g/mol. The molecule has 2 heterocycles. The molecule has 18 heavy (non-hydrogen) atoms. The number of aryl methyl sites for hydroxylation is 2. The van der Waals surface area contributed by atoms with E-state index in [4.69, 9.17) is 0 Å². The Morgan fingerprint density at radius 1 is 0.944 bits per heavy atom. The Kier molecular flexibility index (Phi) is 3.90. The second kappa shape index (κ2) is 5.80. The predicted molar refractivity (Wildman–Crippen MR) is 66.9 cm³/mol. The number of rotatable bonds is 5. The molecule has 0 aromatic carbocycles. The molecule has 8 nitrogen and oxygen atoms in total. The zero-order valence-corrected chi connectivity index (χ0v) is 10.3. The molecule has 0 amide bonds. The van der Waals surface area contributed by atoms with E-state index in [1.165, 1.54) is 0 Å². The molecular weight excluding hydrogens is 232 g/mol. The maximum Gasteiger partial charge on any atom is 0.123 e. The molecule has 0 atom stereocenters. The lowest BCUT2D eigenvalue weighted by molar-refractivity contribution is 0.714. The van der Waals surface area contributed by atoms with Crippen LogP contribution in [0.1, 0.15) is 11.4 Å². The Morgan fingerprint density at radius 3 is 1.72 bits per heavy atom. The smallest absolute Gasteiger partial charge is 0.123 e. The molecule has 8 heteroatoms. The van der Waals surface area contributed by atoms with E-state index in [0.29, 0.717) is 13.1 Å². The second-order valence-electron chi connectivity index (χ2n) is 3.70. The van der Waals surface area contributed by atoms with Crippen molar-refractivity contribution in [2.24, 2.45) is 24.1 Å². The van der Waals surface area contributed by atoms with E-state index in [0.717, 1.165) is 11.4 Å². The lowest BCUT2D eigenvalue weighted by Gasteiger charge is -1.87. The molecule has 2 aromatic rings. The molecule has 2 rings (SSSR count). The first-order valence-electron chi connectivity index (χ1n) is 5.46. The summed E-state index contributed by atoms with van der Waals surface area (Å²) in [5.41, 5.74) is 1.49. The predicted octanol–water partition coefficient (Wildman–Crippen LogP) is -0.518. The van der Waals surface area contributed by atoms with Gasteiger partial charge >= 0.3 is 0 Å². The summed E-state index contributed by atoms with van der Waals surface area (Å²) in [5, 5.41) is 15.4. The van der Waals surface area contributed by atoms with Crippen molar-refractivity contribution in [3.8, 4) is 0 Å². The first kappa shape index (κ1) is 12.1. The number of hydrogen-bond acceptors (Lipinski definition) is 6. The van der Waals surface area contributed by atoms with Crippen LogP contribution in [0.25, 0.3) is 0 Å². The first-order valence-corrected chi connectivity index (χ1v) is 5.46. The van der Waals surface area contributed by atoms with Gasteiger partial charge in [0.05, 0.1) is 37.9 Å². The highest BCUT2D eigenvalue weighted by molar-refractivity contribution is 5.76. The summed E-state index contributed by atoms with van der Waals surface area (Å²) in [6, 6.07) is 0. The fourth-order valence-corrected chi connectivity index (χ4v) is 1.28. The van der Waals surface area contributed by atoms with Crippen LogP contribution in [0.5, 0.6) is 0 Å².